The maximum Gasteiger partial charge on any atom is 0.292 e. The van der Waals surface area contributed by atoms with E-state index in [-0.39, 0.29) is 12.1 Å². The molecule has 36 heavy (non-hydrogen) atoms. The van der Waals surface area contributed by atoms with Gasteiger partial charge >= 0.3 is 0 Å². The first-order chi connectivity index (χ1) is 17.6. The predicted molar refractivity (Wildman–Crippen MR) is 142 cm³/mol. The molecule has 0 radical (unpaired) electrons. The van der Waals surface area contributed by atoms with Gasteiger partial charge in [-0.05, 0) is 38.6 Å². The van der Waals surface area contributed by atoms with Gasteiger partial charge in [0, 0.05) is 45.3 Å². The molecule has 10 heteroatoms. The van der Waals surface area contributed by atoms with Gasteiger partial charge in [-0.1, -0.05) is 5.92 Å². The van der Waals surface area contributed by atoms with E-state index in [0.717, 1.165) is 31.7 Å². The first kappa shape index (κ1) is 27.0. The molecule has 0 saturated carbocycles. The summed E-state index contributed by atoms with van der Waals surface area (Å²) in [6.45, 7) is 9.57. The van der Waals surface area contributed by atoms with Crippen LogP contribution in [0.2, 0.25) is 0 Å². The number of rotatable bonds is 11. The maximum atomic E-state index is 13.8. The number of anilines is 2. The van der Waals surface area contributed by atoms with Crippen molar-refractivity contribution in [2.24, 2.45) is 0 Å². The number of piperazine rings is 1. The Balaban J connectivity index is 2.03. The van der Waals surface area contributed by atoms with Crippen molar-refractivity contribution in [3.8, 4) is 23.7 Å². The normalized spacial score (nSPS) is 13.4. The lowest BCUT2D eigenvalue weighted by atomic mass is 10.0. The van der Waals surface area contributed by atoms with Crippen LogP contribution in [0.25, 0.3) is 0 Å². The van der Waals surface area contributed by atoms with E-state index in [1.807, 2.05) is 31.0 Å². The van der Waals surface area contributed by atoms with Gasteiger partial charge in [0.15, 0.2) is 0 Å². The molecule has 1 aliphatic heterocycles. The molecule has 0 bridgehead atoms. The summed E-state index contributed by atoms with van der Waals surface area (Å²) in [6, 6.07) is 5.93. The number of hydrogen-bond donors (Lipinski definition) is 3. The fraction of sp³-hybridized carbons (Fsp3) is 0.500. The summed E-state index contributed by atoms with van der Waals surface area (Å²) in [7, 11) is 3.63. The van der Waals surface area contributed by atoms with E-state index < -0.39 is 0 Å². The van der Waals surface area contributed by atoms with Crippen molar-refractivity contribution in [2.75, 3.05) is 70.3 Å². The smallest absolute Gasteiger partial charge is 0.292 e. The largest absolute Gasteiger partial charge is 0.494 e. The number of nitriles is 1. The zero-order valence-corrected chi connectivity index (χ0v) is 21.6. The molecule has 0 amide bonds. The Morgan fingerprint density at radius 2 is 2.03 bits per heavy atom. The van der Waals surface area contributed by atoms with Gasteiger partial charge in [-0.3, -0.25) is 9.69 Å². The lowest BCUT2D eigenvalue weighted by molar-refractivity contribution is 0.242. The van der Waals surface area contributed by atoms with Gasteiger partial charge < -0.3 is 25.6 Å². The molecule has 0 atom stereocenters. The fourth-order valence-electron chi connectivity index (χ4n) is 4.23. The Morgan fingerprint density at radius 1 is 1.25 bits per heavy atom. The second-order valence-electron chi connectivity index (χ2n) is 8.45. The quantitative estimate of drug-likeness (QED) is 0.396. The molecule has 0 spiro atoms. The average molecular weight is 493 g/mol. The Hall–Kier alpha value is -3.57. The third-order valence-corrected chi connectivity index (χ3v) is 6.02. The lowest BCUT2D eigenvalue weighted by Gasteiger charge is -2.34. The molecule has 1 saturated heterocycles. The number of nitrogens with zero attached hydrogens (tertiary/aromatic N) is 5. The molecule has 0 aliphatic carbocycles. The summed E-state index contributed by atoms with van der Waals surface area (Å²) in [4.78, 5) is 18.1. The second-order valence-corrected chi connectivity index (χ2v) is 8.45. The van der Waals surface area contributed by atoms with Crippen molar-refractivity contribution in [3.63, 3.8) is 0 Å². The van der Waals surface area contributed by atoms with Crippen molar-refractivity contribution in [1.29, 1.82) is 5.26 Å². The van der Waals surface area contributed by atoms with Crippen molar-refractivity contribution < 1.29 is 4.74 Å². The van der Waals surface area contributed by atoms with Crippen molar-refractivity contribution in [3.05, 3.63) is 45.4 Å². The molecule has 1 aromatic heterocycles. The van der Waals surface area contributed by atoms with Crippen LogP contribution in [0.15, 0.2) is 23.1 Å². The van der Waals surface area contributed by atoms with E-state index in [4.69, 9.17) is 4.74 Å². The van der Waals surface area contributed by atoms with Gasteiger partial charge in [-0.15, -0.1) is 5.92 Å². The Morgan fingerprint density at radius 3 is 2.67 bits per heavy atom. The van der Waals surface area contributed by atoms with Crippen LogP contribution < -0.4 is 31.1 Å². The summed E-state index contributed by atoms with van der Waals surface area (Å²) in [6.07, 6.45) is 1.66. The SMILES string of the molecule is CC#CCN(CN1CCNCC1)c1c(NC)cnn(Cc2cc(OCC)c(CNC)cc2C#N)c1=O. The van der Waals surface area contributed by atoms with Crippen LogP contribution in [0.4, 0.5) is 11.4 Å². The molecule has 192 valence electrons. The molecular weight excluding hydrogens is 456 g/mol. The minimum atomic E-state index is -0.240. The molecule has 0 unspecified atom stereocenters. The van der Waals surface area contributed by atoms with Crippen LogP contribution in [0.5, 0.6) is 5.75 Å². The Labute approximate surface area is 213 Å². The van der Waals surface area contributed by atoms with E-state index in [1.165, 1.54) is 4.68 Å². The number of aromatic nitrogens is 2. The zero-order valence-electron chi connectivity index (χ0n) is 21.6. The topological polar surface area (TPSA) is 110 Å². The molecule has 1 fully saturated rings. The number of hydrogen-bond acceptors (Lipinski definition) is 9. The number of benzene rings is 1. The van der Waals surface area contributed by atoms with Crippen LogP contribution in [-0.2, 0) is 13.1 Å². The summed E-state index contributed by atoms with van der Waals surface area (Å²) in [5.74, 6) is 6.75. The molecule has 3 rings (SSSR count). The summed E-state index contributed by atoms with van der Waals surface area (Å²) >= 11 is 0. The monoisotopic (exact) mass is 492 g/mol. The lowest BCUT2D eigenvalue weighted by Crippen LogP contribution is -2.49. The van der Waals surface area contributed by atoms with Crippen molar-refractivity contribution in [2.45, 2.75) is 26.9 Å². The molecule has 2 aromatic rings. The number of nitrogens with one attached hydrogen (secondary N) is 3. The highest BCUT2D eigenvalue weighted by Gasteiger charge is 2.22. The van der Waals surface area contributed by atoms with E-state index in [1.54, 1.807) is 20.2 Å². The van der Waals surface area contributed by atoms with Gasteiger partial charge in [-0.25, -0.2) is 4.68 Å². The minimum absolute atomic E-state index is 0.152. The second kappa shape index (κ2) is 13.5. The number of ether oxygens (including phenoxy) is 1. The highest BCUT2D eigenvalue weighted by molar-refractivity contribution is 5.68. The van der Waals surface area contributed by atoms with Gasteiger partial charge in [0.25, 0.3) is 5.56 Å². The van der Waals surface area contributed by atoms with Crippen LogP contribution in [-0.4, -0.2) is 74.8 Å². The minimum Gasteiger partial charge on any atom is -0.494 e. The van der Waals surface area contributed by atoms with E-state index >= 15 is 0 Å². The van der Waals surface area contributed by atoms with E-state index in [0.29, 0.717) is 54.6 Å². The molecular formula is C26H36N8O2. The molecule has 1 aromatic carbocycles. The summed E-state index contributed by atoms with van der Waals surface area (Å²) in [5, 5.41) is 23.8. The van der Waals surface area contributed by atoms with Crippen molar-refractivity contribution >= 4 is 11.4 Å². The highest BCUT2D eigenvalue weighted by Crippen LogP contribution is 2.25. The maximum absolute atomic E-state index is 13.8. The van der Waals surface area contributed by atoms with Crippen LogP contribution >= 0.6 is 0 Å². The molecule has 2 heterocycles. The third-order valence-electron chi connectivity index (χ3n) is 6.02. The third kappa shape index (κ3) is 6.55. The van der Waals surface area contributed by atoms with Crippen LogP contribution in [0.3, 0.4) is 0 Å². The summed E-state index contributed by atoms with van der Waals surface area (Å²) in [5.41, 5.74) is 2.99. The molecule has 3 N–H and O–H groups in total. The summed E-state index contributed by atoms with van der Waals surface area (Å²) < 4.78 is 7.23. The van der Waals surface area contributed by atoms with Gasteiger partial charge in [0.05, 0.1) is 49.9 Å². The van der Waals surface area contributed by atoms with Gasteiger partial charge in [-0.2, -0.15) is 10.4 Å². The van der Waals surface area contributed by atoms with Crippen LogP contribution in [0.1, 0.15) is 30.5 Å². The molecule has 10 nitrogen and oxygen atoms in total. The van der Waals surface area contributed by atoms with Gasteiger partial charge in [0.2, 0.25) is 0 Å². The Kier molecular flexibility index (Phi) is 10.1. The standard InChI is InChI=1S/C26H36N8O2/c1-5-7-10-33(19-32-11-8-30-9-12-32)25-23(29-4)17-31-34(26(25)35)18-22-14-24(36-6-2)21(16-28-3)13-20(22)15-27/h13-14,17,28-30H,6,8-12,16,18-19H2,1-4H3. The Bertz CT molecular complexity index is 1190. The van der Waals surface area contributed by atoms with Gasteiger partial charge in [0.1, 0.15) is 11.4 Å². The predicted octanol–water partition coefficient (Wildman–Crippen LogP) is 1.02. The van der Waals surface area contributed by atoms with Crippen LogP contribution in [0, 0.1) is 23.2 Å². The molecule has 1 aliphatic rings. The van der Waals surface area contributed by atoms with Crippen molar-refractivity contribution in [1.82, 2.24) is 25.3 Å². The first-order valence-corrected chi connectivity index (χ1v) is 12.2. The fourth-order valence-corrected chi connectivity index (χ4v) is 4.23. The zero-order chi connectivity index (χ0) is 25.9. The first-order valence-electron chi connectivity index (χ1n) is 12.2. The van der Waals surface area contributed by atoms with E-state index in [9.17, 15) is 10.1 Å². The highest BCUT2D eigenvalue weighted by atomic mass is 16.5. The van der Waals surface area contributed by atoms with E-state index in [2.05, 4.69) is 43.9 Å². The average Bonchev–Trinajstić information content (AvgIpc) is 2.89.